The molecular weight excluding hydrogens is 559 g/mol. The van der Waals surface area contributed by atoms with E-state index in [1.165, 1.54) is 30.9 Å². The summed E-state index contributed by atoms with van der Waals surface area (Å²) in [4.78, 5) is 0. The first-order valence-corrected chi connectivity index (χ1v) is 15.6. The lowest BCUT2D eigenvalue weighted by molar-refractivity contribution is 0.669. The maximum Gasteiger partial charge on any atom is 0.137 e. The average molecular weight is 582 g/mol. The van der Waals surface area contributed by atoms with E-state index >= 15 is 0 Å². The van der Waals surface area contributed by atoms with Crippen LogP contribution in [-0.4, -0.2) is 0 Å². The maximum atomic E-state index is 6.42. The van der Waals surface area contributed by atoms with Gasteiger partial charge in [0.15, 0.2) is 0 Å². The van der Waals surface area contributed by atoms with Crippen molar-refractivity contribution in [1.82, 2.24) is 0 Å². The first kappa shape index (κ1) is 23.9. The summed E-state index contributed by atoms with van der Waals surface area (Å²) in [5.74, 6) is 0. The first-order chi connectivity index (χ1) is 21.8. The Morgan fingerprint density at radius 2 is 1.20 bits per heavy atom. The molecule has 0 aliphatic carbocycles. The number of thiophene rings is 1. The van der Waals surface area contributed by atoms with E-state index in [2.05, 4.69) is 127 Å². The van der Waals surface area contributed by atoms with Crippen LogP contribution in [0.3, 0.4) is 0 Å². The normalized spacial score (nSPS) is 12.1. The van der Waals surface area contributed by atoms with Gasteiger partial charge in [0, 0.05) is 54.3 Å². The Morgan fingerprint density at radius 1 is 0.477 bits per heavy atom. The Kier molecular flexibility index (Phi) is 4.87. The van der Waals surface area contributed by atoms with Crippen LogP contribution in [-0.2, 0) is 0 Å². The summed E-state index contributed by atoms with van der Waals surface area (Å²) in [5.41, 5.74) is 7.87. The van der Waals surface area contributed by atoms with Gasteiger partial charge in [-0.15, -0.1) is 11.3 Å². The molecule has 0 spiro atoms. The molecule has 10 rings (SSSR count). The summed E-state index contributed by atoms with van der Waals surface area (Å²) in [6.45, 7) is 0. The lowest BCUT2D eigenvalue weighted by Gasteiger charge is -2.14. The third-order valence-electron chi connectivity index (χ3n) is 8.87. The lowest BCUT2D eigenvalue weighted by atomic mass is 9.99. The van der Waals surface area contributed by atoms with Crippen molar-refractivity contribution in [3.63, 3.8) is 0 Å². The average Bonchev–Trinajstić information content (AvgIpc) is 3.75. The van der Waals surface area contributed by atoms with Crippen LogP contribution in [0.15, 0.2) is 142 Å². The van der Waals surface area contributed by atoms with Gasteiger partial charge in [-0.25, -0.2) is 0 Å². The van der Waals surface area contributed by atoms with Crippen LogP contribution in [0, 0.1) is 0 Å². The van der Waals surface area contributed by atoms with Crippen molar-refractivity contribution in [1.29, 1.82) is 0 Å². The highest BCUT2D eigenvalue weighted by Gasteiger charge is 2.18. The molecular formula is C40H23NO2S. The fraction of sp³-hybridized carbons (Fsp3) is 0. The second-order valence-electron chi connectivity index (χ2n) is 11.4. The van der Waals surface area contributed by atoms with Crippen molar-refractivity contribution >= 4 is 97.5 Å². The molecule has 3 heterocycles. The number of hydrogen-bond donors (Lipinski definition) is 1. The van der Waals surface area contributed by atoms with Gasteiger partial charge in [0.25, 0.3) is 0 Å². The van der Waals surface area contributed by atoms with Crippen molar-refractivity contribution < 1.29 is 8.83 Å². The van der Waals surface area contributed by atoms with Crippen LogP contribution in [0.1, 0.15) is 0 Å². The van der Waals surface area contributed by atoms with E-state index in [0.29, 0.717) is 0 Å². The smallest absolute Gasteiger partial charge is 0.137 e. The highest BCUT2D eigenvalue weighted by Crippen LogP contribution is 2.45. The highest BCUT2D eigenvalue weighted by molar-refractivity contribution is 7.26. The third-order valence-corrected chi connectivity index (χ3v) is 10.1. The number of hydrogen-bond acceptors (Lipinski definition) is 4. The van der Waals surface area contributed by atoms with Gasteiger partial charge in [0.1, 0.15) is 22.3 Å². The highest BCUT2D eigenvalue weighted by atomic mass is 32.1. The number of anilines is 2. The van der Waals surface area contributed by atoms with Crippen molar-refractivity contribution in [3.8, 4) is 11.1 Å². The van der Waals surface area contributed by atoms with Crippen LogP contribution < -0.4 is 5.32 Å². The summed E-state index contributed by atoms with van der Waals surface area (Å²) in [7, 11) is 0. The van der Waals surface area contributed by atoms with Crippen LogP contribution in [0.5, 0.6) is 0 Å². The summed E-state index contributed by atoms with van der Waals surface area (Å²) in [5, 5.41) is 13.3. The predicted octanol–water partition coefficient (Wildman–Crippen LogP) is 12.4. The molecule has 0 saturated carbocycles. The van der Waals surface area contributed by atoms with Gasteiger partial charge in [-0.05, 0) is 58.8 Å². The SMILES string of the molecule is c1ccc2c(c1)ccc1oc3cc(Nc4c(-c5ccc6c(c5)oc5ccccc56)ccc5c4sc4ccccc45)ccc3c12. The van der Waals surface area contributed by atoms with Gasteiger partial charge in [0.2, 0.25) is 0 Å². The third kappa shape index (κ3) is 3.43. The Balaban J connectivity index is 1.18. The maximum absolute atomic E-state index is 6.42. The Bertz CT molecular complexity index is 2760. The fourth-order valence-electron chi connectivity index (χ4n) is 6.82. The van der Waals surface area contributed by atoms with Gasteiger partial charge in [-0.3, -0.25) is 0 Å². The van der Waals surface area contributed by atoms with Gasteiger partial charge in [-0.2, -0.15) is 0 Å². The van der Waals surface area contributed by atoms with Crippen LogP contribution in [0.4, 0.5) is 11.4 Å². The predicted molar refractivity (Wildman–Crippen MR) is 187 cm³/mol. The number of benzene rings is 7. The molecule has 4 heteroatoms. The van der Waals surface area contributed by atoms with E-state index in [0.717, 1.165) is 66.4 Å². The summed E-state index contributed by atoms with van der Waals surface area (Å²) >= 11 is 1.82. The molecule has 3 nitrogen and oxygen atoms in total. The molecule has 0 saturated heterocycles. The molecule has 10 aromatic rings. The second-order valence-corrected chi connectivity index (χ2v) is 12.4. The fourth-order valence-corrected chi connectivity index (χ4v) is 8.02. The Morgan fingerprint density at radius 3 is 2.16 bits per heavy atom. The molecule has 3 aromatic heterocycles. The quantitative estimate of drug-likeness (QED) is 0.226. The molecule has 44 heavy (non-hydrogen) atoms. The molecule has 7 aromatic carbocycles. The number of nitrogens with one attached hydrogen (secondary N) is 1. The Hall–Kier alpha value is -5.58. The summed E-state index contributed by atoms with van der Waals surface area (Å²) in [6, 6.07) is 47.1. The monoisotopic (exact) mass is 581 g/mol. The second kappa shape index (κ2) is 8.96. The summed E-state index contributed by atoms with van der Waals surface area (Å²) in [6.07, 6.45) is 0. The zero-order valence-corrected chi connectivity index (χ0v) is 24.2. The molecule has 0 atom stereocenters. The van der Waals surface area contributed by atoms with Gasteiger partial charge >= 0.3 is 0 Å². The van der Waals surface area contributed by atoms with Crippen molar-refractivity contribution in [2.24, 2.45) is 0 Å². The number of furan rings is 2. The van der Waals surface area contributed by atoms with E-state index in [4.69, 9.17) is 8.83 Å². The van der Waals surface area contributed by atoms with Gasteiger partial charge < -0.3 is 14.2 Å². The Labute approximate surface area is 255 Å². The minimum Gasteiger partial charge on any atom is -0.456 e. The van der Waals surface area contributed by atoms with Crippen molar-refractivity contribution in [2.45, 2.75) is 0 Å². The zero-order valence-electron chi connectivity index (χ0n) is 23.4. The molecule has 0 aliphatic rings. The lowest BCUT2D eigenvalue weighted by Crippen LogP contribution is -1.94. The molecule has 0 aliphatic heterocycles. The van der Waals surface area contributed by atoms with Crippen LogP contribution in [0.2, 0.25) is 0 Å². The van der Waals surface area contributed by atoms with Gasteiger partial charge in [0.05, 0.1) is 10.4 Å². The van der Waals surface area contributed by atoms with Crippen molar-refractivity contribution in [2.75, 3.05) is 5.32 Å². The molecule has 0 unspecified atom stereocenters. The minimum atomic E-state index is 0.870. The topological polar surface area (TPSA) is 38.3 Å². The van der Waals surface area contributed by atoms with Gasteiger partial charge in [-0.1, -0.05) is 84.9 Å². The molecule has 0 fully saturated rings. The van der Waals surface area contributed by atoms with E-state index in [9.17, 15) is 0 Å². The van der Waals surface area contributed by atoms with E-state index in [-0.39, 0.29) is 0 Å². The number of fused-ring (bicyclic) bond motifs is 11. The van der Waals surface area contributed by atoms with E-state index in [1.807, 2.05) is 23.5 Å². The van der Waals surface area contributed by atoms with E-state index < -0.39 is 0 Å². The largest absolute Gasteiger partial charge is 0.456 e. The molecule has 0 amide bonds. The first-order valence-electron chi connectivity index (χ1n) is 14.8. The molecule has 1 N–H and O–H groups in total. The molecule has 0 bridgehead atoms. The minimum absolute atomic E-state index is 0.870. The standard InChI is InChI=1S/C40H23NO2S/c1-2-8-26-23(7-1)14-20-34-38(26)32-17-15-25(22-36(32)43-34)41-39-27(18-19-31-30-10-4-6-12-37(30)44-40(31)39)24-13-16-29-28-9-3-5-11-33(28)42-35(29)21-24/h1-22,41H. The van der Waals surface area contributed by atoms with E-state index in [1.54, 1.807) is 0 Å². The summed E-state index contributed by atoms with van der Waals surface area (Å²) < 4.78 is 15.2. The van der Waals surface area contributed by atoms with Crippen molar-refractivity contribution in [3.05, 3.63) is 133 Å². The molecule has 0 radical (unpaired) electrons. The zero-order chi connectivity index (χ0) is 28.8. The number of para-hydroxylation sites is 1. The number of rotatable bonds is 3. The molecule has 206 valence electrons. The van der Waals surface area contributed by atoms with Crippen LogP contribution in [0.25, 0.3) is 85.9 Å². The van der Waals surface area contributed by atoms with Crippen LogP contribution >= 0.6 is 11.3 Å².